The molecule has 0 bridgehead atoms. The maximum Gasteiger partial charge on any atom is 0.229 e. The second-order valence-corrected chi connectivity index (χ2v) is 6.97. The first-order chi connectivity index (χ1) is 12.2. The van der Waals surface area contributed by atoms with Crippen LogP contribution < -0.4 is 0 Å². The van der Waals surface area contributed by atoms with Crippen LogP contribution in [0.3, 0.4) is 0 Å². The number of carbonyl (C=O) groups is 1. The Labute approximate surface area is 147 Å². The lowest BCUT2D eigenvalue weighted by Gasteiger charge is -2.27. The third-order valence-electron chi connectivity index (χ3n) is 4.93. The van der Waals surface area contributed by atoms with Gasteiger partial charge in [0.15, 0.2) is 5.82 Å². The second kappa shape index (κ2) is 6.92. The molecule has 0 radical (unpaired) electrons. The lowest BCUT2D eigenvalue weighted by atomic mass is 10.2. The summed E-state index contributed by atoms with van der Waals surface area (Å²) in [6.45, 7) is 4.67. The van der Waals surface area contributed by atoms with Crippen molar-refractivity contribution >= 4 is 5.91 Å². The Bertz CT molecular complexity index is 728. The summed E-state index contributed by atoms with van der Waals surface area (Å²) in [6.07, 6.45) is 5.03. The molecule has 1 amide bonds. The molecule has 0 unspecified atom stereocenters. The Morgan fingerprint density at radius 2 is 2.24 bits per heavy atom. The molecule has 1 saturated carbocycles. The zero-order valence-electron chi connectivity index (χ0n) is 14.5. The van der Waals surface area contributed by atoms with Gasteiger partial charge in [0.05, 0.1) is 12.2 Å². The summed E-state index contributed by atoms with van der Waals surface area (Å²) in [7, 11) is 0. The van der Waals surface area contributed by atoms with Gasteiger partial charge in [0.2, 0.25) is 11.8 Å². The highest BCUT2D eigenvalue weighted by Crippen LogP contribution is 2.38. The molecule has 3 heterocycles. The van der Waals surface area contributed by atoms with Crippen molar-refractivity contribution in [2.45, 2.75) is 51.2 Å². The summed E-state index contributed by atoms with van der Waals surface area (Å²) in [5, 5.41) is 4.05. The standard InChI is InChI=1S/C18H23N5O2/c1-13(24)23(12-17-20-18(25-21-17)14-5-6-14)16-7-9-22(11-16)10-15-4-2-3-8-19-15/h2-4,8,14,16H,5-7,9-12H2,1H3/t16-/m1/s1. The molecule has 1 aliphatic carbocycles. The summed E-state index contributed by atoms with van der Waals surface area (Å²) in [5.74, 6) is 1.83. The number of likely N-dealkylation sites (tertiary alicyclic amines) is 1. The van der Waals surface area contributed by atoms with E-state index in [9.17, 15) is 4.79 Å². The average Bonchev–Trinajstić information content (AvgIpc) is 3.18. The van der Waals surface area contributed by atoms with E-state index in [0.29, 0.717) is 18.3 Å². The molecular formula is C18H23N5O2. The van der Waals surface area contributed by atoms with Crippen molar-refractivity contribution in [2.24, 2.45) is 0 Å². The van der Waals surface area contributed by atoms with Gasteiger partial charge in [-0.3, -0.25) is 14.7 Å². The minimum atomic E-state index is 0.0578. The number of pyridine rings is 1. The van der Waals surface area contributed by atoms with Crippen molar-refractivity contribution in [3.05, 3.63) is 41.8 Å². The molecule has 2 fully saturated rings. The number of nitrogens with zero attached hydrogens (tertiary/aromatic N) is 5. The van der Waals surface area contributed by atoms with E-state index in [1.807, 2.05) is 29.3 Å². The third kappa shape index (κ3) is 3.87. The molecule has 0 aromatic carbocycles. The Balaban J connectivity index is 1.38. The van der Waals surface area contributed by atoms with Gasteiger partial charge in [-0.2, -0.15) is 4.98 Å². The van der Waals surface area contributed by atoms with Crippen LogP contribution in [-0.4, -0.2) is 50.0 Å². The Morgan fingerprint density at radius 1 is 1.36 bits per heavy atom. The molecule has 2 aliphatic rings. The van der Waals surface area contributed by atoms with E-state index in [1.165, 1.54) is 0 Å². The van der Waals surface area contributed by atoms with Gasteiger partial charge in [0.1, 0.15) is 0 Å². The van der Waals surface area contributed by atoms with Crippen LogP contribution in [0.1, 0.15) is 49.5 Å². The second-order valence-electron chi connectivity index (χ2n) is 6.97. The van der Waals surface area contributed by atoms with Crippen LogP contribution in [-0.2, 0) is 17.9 Å². The summed E-state index contributed by atoms with van der Waals surface area (Å²) in [6, 6.07) is 6.15. The zero-order chi connectivity index (χ0) is 17.2. The molecule has 7 nitrogen and oxygen atoms in total. The fourth-order valence-electron chi connectivity index (χ4n) is 3.41. The fourth-order valence-corrected chi connectivity index (χ4v) is 3.41. The number of hydrogen-bond acceptors (Lipinski definition) is 6. The van der Waals surface area contributed by atoms with Gasteiger partial charge in [-0.05, 0) is 31.4 Å². The van der Waals surface area contributed by atoms with E-state index in [1.54, 1.807) is 6.92 Å². The molecule has 1 aliphatic heterocycles. The summed E-state index contributed by atoms with van der Waals surface area (Å²) in [5.41, 5.74) is 1.06. The van der Waals surface area contributed by atoms with E-state index in [0.717, 1.165) is 50.5 Å². The van der Waals surface area contributed by atoms with Crippen molar-refractivity contribution in [3.8, 4) is 0 Å². The summed E-state index contributed by atoms with van der Waals surface area (Å²) < 4.78 is 5.31. The smallest absolute Gasteiger partial charge is 0.229 e. The van der Waals surface area contributed by atoms with Crippen molar-refractivity contribution in [1.29, 1.82) is 0 Å². The van der Waals surface area contributed by atoms with E-state index < -0.39 is 0 Å². The Morgan fingerprint density at radius 3 is 2.96 bits per heavy atom. The maximum atomic E-state index is 12.2. The predicted molar refractivity (Wildman–Crippen MR) is 90.4 cm³/mol. The summed E-state index contributed by atoms with van der Waals surface area (Å²) >= 11 is 0. The van der Waals surface area contributed by atoms with Crippen LogP contribution in [0.4, 0.5) is 0 Å². The molecule has 25 heavy (non-hydrogen) atoms. The average molecular weight is 341 g/mol. The molecule has 4 rings (SSSR count). The van der Waals surface area contributed by atoms with E-state index >= 15 is 0 Å². The Kier molecular flexibility index (Phi) is 4.48. The lowest BCUT2D eigenvalue weighted by Crippen LogP contribution is -2.40. The molecule has 0 N–H and O–H groups in total. The predicted octanol–water partition coefficient (Wildman–Crippen LogP) is 1.97. The van der Waals surface area contributed by atoms with Crippen LogP contribution in [0.15, 0.2) is 28.9 Å². The number of rotatable bonds is 6. The van der Waals surface area contributed by atoms with E-state index in [2.05, 4.69) is 20.0 Å². The molecule has 2 aromatic heterocycles. The third-order valence-corrected chi connectivity index (χ3v) is 4.93. The highest BCUT2D eigenvalue weighted by molar-refractivity contribution is 5.73. The number of aromatic nitrogens is 3. The molecular weight excluding hydrogens is 318 g/mol. The number of hydrogen-bond donors (Lipinski definition) is 0. The molecule has 1 saturated heterocycles. The van der Waals surface area contributed by atoms with Crippen LogP contribution in [0.2, 0.25) is 0 Å². The zero-order valence-corrected chi connectivity index (χ0v) is 14.5. The Hall–Kier alpha value is -2.28. The van der Waals surface area contributed by atoms with E-state index in [4.69, 9.17) is 4.52 Å². The largest absolute Gasteiger partial charge is 0.339 e. The van der Waals surface area contributed by atoms with Crippen LogP contribution in [0, 0.1) is 0 Å². The first-order valence-electron chi connectivity index (χ1n) is 8.91. The number of carbonyl (C=O) groups excluding carboxylic acids is 1. The van der Waals surface area contributed by atoms with Gasteiger partial charge < -0.3 is 9.42 Å². The minimum absolute atomic E-state index is 0.0578. The highest BCUT2D eigenvalue weighted by Gasteiger charge is 2.32. The quantitative estimate of drug-likeness (QED) is 0.799. The normalized spacial score (nSPS) is 20.8. The van der Waals surface area contributed by atoms with E-state index in [-0.39, 0.29) is 11.9 Å². The van der Waals surface area contributed by atoms with Gasteiger partial charge in [-0.1, -0.05) is 11.2 Å². The van der Waals surface area contributed by atoms with Gasteiger partial charge in [-0.15, -0.1) is 0 Å². The van der Waals surface area contributed by atoms with Crippen molar-refractivity contribution < 1.29 is 9.32 Å². The van der Waals surface area contributed by atoms with Gasteiger partial charge in [-0.25, -0.2) is 0 Å². The first kappa shape index (κ1) is 16.2. The molecule has 1 atom stereocenters. The van der Waals surface area contributed by atoms with Crippen molar-refractivity contribution in [1.82, 2.24) is 24.9 Å². The lowest BCUT2D eigenvalue weighted by molar-refractivity contribution is -0.131. The monoisotopic (exact) mass is 341 g/mol. The van der Waals surface area contributed by atoms with Crippen LogP contribution in [0.25, 0.3) is 0 Å². The SMILES string of the molecule is CC(=O)N(Cc1noc(C2CC2)n1)[C@@H]1CCN(Cc2ccccn2)C1. The highest BCUT2D eigenvalue weighted by atomic mass is 16.5. The first-order valence-corrected chi connectivity index (χ1v) is 8.91. The maximum absolute atomic E-state index is 12.2. The molecule has 0 spiro atoms. The van der Waals surface area contributed by atoms with Gasteiger partial charge >= 0.3 is 0 Å². The number of amides is 1. The van der Waals surface area contributed by atoms with Gasteiger partial charge in [0, 0.05) is 44.7 Å². The molecule has 132 valence electrons. The molecule has 7 heteroatoms. The fraction of sp³-hybridized carbons (Fsp3) is 0.556. The van der Waals surface area contributed by atoms with Crippen LogP contribution in [0.5, 0.6) is 0 Å². The summed E-state index contributed by atoms with van der Waals surface area (Å²) in [4.78, 5) is 25.2. The van der Waals surface area contributed by atoms with Gasteiger partial charge in [0.25, 0.3) is 0 Å². The van der Waals surface area contributed by atoms with Crippen molar-refractivity contribution in [3.63, 3.8) is 0 Å². The van der Waals surface area contributed by atoms with Crippen molar-refractivity contribution in [2.75, 3.05) is 13.1 Å². The van der Waals surface area contributed by atoms with Crippen LogP contribution >= 0.6 is 0 Å². The minimum Gasteiger partial charge on any atom is -0.339 e. The molecule has 2 aromatic rings. The topological polar surface area (TPSA) is 75.4 Å².